The molecule has 0 saturated carbocycles. The molecule has 1 atom stereocenters. The van der Waals surface area contributed by atoms with Gasteiger partial charge in [-0.25, -0.2) is 0 Å². The Bertz CT molecular complexity index is 1150. The lowest BCUT2D eigenvalue weighted by molar-refractivity contribution is -0.137. The van der Waals surface area contributed by atoms with Crippen LogP contribution >= 0.6 is 11.8 Å². The molecule has 0 bridgehead atoms. The Hall–Kier alpha value is -3.34. The highest BCUT2D eigenvalue weighted by molar-refractivity contribution is 7.99. The van der Waals surface area contributed by atoms with Crippen LogP contribution in [0.3, 0.4) is 0 Å². The zero-order valence-corrected chi connectivity index (χ0v) is 19.4. The zero-order valence-electron chi connectivity index (χ0n) is 18.6. The highest BCUT2D eigenvalue weighted by atomic mass is 32.2. The van der Waals surface area contributed by atoms with Crippen LogP contribution in [0, 0.1) is 0 Å². The normalized spacial score (nSPS) is 12.3. The number of carbonyl (C=O) groups is 2. The Labute approximate surface area is 199 Å². The second-order valence-corrected chi connectivity index (χ2v) is 8.52. The van der Waals surface area contributed by atoms with E-state index in [0.717, 1.165) is 12.1 Å². The maximum atomic E-state index is 13.1. The van der Waals surface area contributed by atoms with E-state index in [1.165, 1.54) is 30.2 Å². The highest BCUT2D eigenvalue weighted by Gasteiger charge is 2.31. The average molecular weight is 492 g/mol. The van der Waals surface area contributed by atoms with Gasteiger partial charge in [0.05, 0.1) is 17.4 Å². The lowest BCUT2D eigenvalue weighted by Gasteiger charge is -2.20. The van der Waals surface area contributed by atoms with Gasteiger partial charge in [-0.2, -0.15) is 13.2 Å². The van der Waals surface area contributed by atoms with E-state index < -0.39 is 23.7 Å². The van der Waals surface area contributed by atoms with Gasteiger partial charge in [0.15, 0.2) is 5.16 Å². The molecule has 3 aromatic rings. The summed E-state index contributed by atoms with van der Waals surface area (Å²) in [5.41, 5.74) is 0.341. The number of anilines is 1. The number of benzene rings is 2. The minimum Gasteiger partial charge on any atom is -0.345 e. The molecule has 0 saturated heterocycles. The topological polar surface area (TPSA) is 88.9 Å². The van der Waals surface area contributed by atoms with E-state index in [0.29, 0.717) is 29.2 Å². The van der Waals surface area contributed by atoms with Crippen LogP contribution in [-0.2, 0) is 18.0 Å². The summed E-state index contributed by atoms with van der Waals surface area (Å²) in [5.74, 6) is -0.615. The van der Waals surface area contributed by atoms with E-state index in [1.54, 1.807) is 35.9 Å². The van der Waals surface area contributed by atoms with Crippen LogP contribution in [0.15, 0.2) is 60.0 Å². The van der Waals surface area contributed by atoms with Gasteiger partial charge in [0.25, 0.3) is 5.91 Å². The molecule has 3 rings (SSSR count). The molecule has 0 fully saturated rings. The minimum absolute atomic E-state index is 0.108. The predicted molar refractivity (Wildman–Crippen MR) is 123 cm³/mol. The number of nitrogens with zero attached hydrogens (tertiary/aromatic N) is 3. The number of nitrogens with one attached hydrogen (secondary N) is 2. The number of hydrogen-bond donors (Lipinski definition) is 2. The van der Waals surface area contributed by atoms with Crippen LogP contribution in [0.2, 0.25) is 0 Å². The molecule has 2 amide bonds. The molecule has 2 N–H and O–H groups in total. The number of halogens is 3. The Morgan fingerprint density at radius 1 is 1.15 bits per heavy atom. The quantitative estimate of drug-likeness (QED) is 0.419. The number of aromatic nitrogens is 3. The third-order valence-corrected chi connectivity index (χ3v) is 5.94. The van der Waals surface area contributed by atoms with E-state index in [9.17, 15) is 22.8 Å². The maximum Gasteiger partial charge on any atom is 0.416 e. The standard InChI is InChI=1S/C23H24F3N5O2S/c1-3-6-19(15-7-4-9-17(11-15)23(24,25)26)29-21(33)16-8-5-10-18(12-16)28-20(32)13-34-22-30-27-14-31(22)2/h4-5,7-12,14,19H,3,6,13H2,1-2H3,(H,28,32)(H,29,33). The summed E-state index contributed by atoms with van der Waals surface area (Å²) < 4.78 is 41.0. The summed E-state index contributed by atoms with van der Waals surface area (Å²) >= 11 is 1.22. The molecule has 1 heterocycles. The fraction of sp³-hybridized carbons (Fsp3) is 0.304. The predicted octanol–water partition coefficient (Wildman–Crippen LogP) is 4.84. The van der Waals surface area contributed by atoms with Gasteiger partial charge < -0.3 is 15.2 Å². The summed E-state index contributed by atoms with van der Waals surface area (Å²) in [6, 6.07) is 10.8. The monoisotopic (exact) mass is 491 g/mol. The van der Waals surface area contributed by atoms with Crippen LogP contribution in [0.1, 0.15) is 47.3 Å². The lowest BCUT2D eigenvalue weighted by Crippen LogP contribution is -2.29. The number of carbonyl (C=O) groups excluding carboxylic acids is 2. The number of hydrogen-bond acceptors (Lipinski definition) is 5. The molecule has 0 radical (unpaired) electrons. The van der Waals surface area contributed by atoms with E-state index >= 15 is 0 Å². The first-order valence-corrected chi connectivity index (χ1v) is 11.5. The summed E-state index contributed by atoms with van der Waals surface area (Å²) in [4.78, 5) is 25.2. The first kappa shape index (κ1) is 25.3. The van der Waals surface area contributed by atoms with Gasteiger partial charge in [0.2, 0.25) is 5.91 Å². The van der Waals surface area contributed by atoms with Crippen LogP contribution in [-0.4, -0.2) is 32.3 Å². The number of thioether (sulfide) groups is 1. The molecule has 7 nitrogen and oxygen atoms in total. The highest BCUT2D eigenvalue weighted by Crippen LogP contribution is 2.31. The van der Waals surface area contributed by atoms with E-state index in [1.807, 2.05) is 6.92 Å². The molecule has 0 aliphatic heterocycles. The summed E-state index contributed by atoms with van der Waals surface area (Å²) in [6.07, 6.45) is -1.79. The molecule has 0 aliphatic carbocycles. The van der Waals surface area contributed by atoms with Crippen molar-refractivity contribution in [2.45, 2.75) is 37.1 Å². The Morgan fingerprint density at radius 2 is 1.91 bits per heavy atom. The number of alkyl halides is 3. The maximum absolute atomic E-state index is 13.1. The largest absolute Gasteiger partial charge is 0.416 e. The Balaban J connectivity index is 1.67. The molecule has 1 aromatic heterocycles. The van der Waals surface area contributed by atoms with Gasteiger partial charge in [-0.15, -0.1) is 10.2 Å². The van der Waals surface area contributed by atoms with Crippen molar-refractivity contribution >= 4 is 29.3 Å². The third kappa shape index (κ3) is 6.83. The van der Waals surface area contributed by atoms with E-state index in [4.69, 9.17) is 0 Å². The van der Waals surface area contributed by atoms with Crippen LogP contribution in [0.4, 0.5) is 18.9 Å². The fourth-order valence-corrected chi connectivity index (χ4v) is 3.94. The molecule has 2 aromatic carbocycles. The van der Waals surface area contributed by atoms with Crippen LogP contribution in [0.5, 0.6) is 0 Å². The van der Waals surface area contributed by atoms with Gasteiger partial charge in [0, 0.05) is 18.3 Å². The molecule has 0 spiro atoms. The van der Waals surface area contributed by atoms with E-state index in [2.05, 4.69) is 20.8 Å². The molecule has 34 heavy (non-hydrogen) atoms. The van der Waals surface area contributed by atoms with Gasteiger partial charge in [-0.3, -0.25) is 9.59 Å². The molecule has 1 unspecified atom stereocenters. The van der Waals surface area contributed by atoms with Crippen molar-refractivity contribution in [1.82, 2.24) is 20.1 Å². The third-order valence-electron chi connectivity index (χ3n) is 4.91. The number of aryl methyl sites for hydroxylation is 1. The summed E-state index contributed by atoms with van der Waals surface area (Å²) in [7, 11) is 1.77. The average Bonchev–Trinajstić information content (AvgIpc) is 3.21. The number of rotatable bonds is 9. The van der Waals surface area contributed by atoms with Crippen molar-refractivity contribution in [3.8, 4) is 0 Å². The van der Waals surface area contributed by atoms with Gasteiger partial charge in [0.1, 0.15) is 6.33 Å². The van der Waals surface area contributed by atoms with Crippen molar-refractivity contribution in [2.75, 3.05) is 11.1 Å². The smallest absolute Gasteiger partial charge is 0.345 e. The van der Waals surface area contributed by atoms with Gasteiger partial charge in [-0.05, 0) is 42.3 Å². The van der Waals surface area contributed by atoms with E-state index in [-0.39, 0.29) is 17.2 Å². The molecule has 0 aliphatic rings. The minimum atomic E-state index is -4.46. The summed E-state index contributed by atoms with van der Waals surface area (Å²) in [5, 5.41) is 13.8. The fourth-order valence-electron chi connectivity index (χ4n) is 3.25. The molecule has 11 heteroatoms. The second-order valence-electron chi connectivity index (χ2n) is 7.58. The summed E-state index contributed by atoms with van der Waals surface area (Å²) in [6.45, 7) is 1.89. The Morgan fingerprint density at radius 3 is 2.59 bits per heavy atom. The van der Waals surface area contributed by atoms with Crippen molar-refractivity contribution in [2.24, 2.45) is 7.05 Å². The second kappa shape index (κ2) is 11.2. The molecular weight excluding hydrogens is 467 g/mol. The van der Waals surface area contributed by atoms with Crippen molar-refractivity contribution in [3.05, 3.63) is 71.5 Å². The van der Waals surface area contributed by atoms with Gasteiger partial charge >= 0.3 is 6.18 Å². The van der Waals surface area contributed by atoms with Crippen LogP contribution < -0.4 is 10.6 Å². The molecule has 180 valence electrons. The SMILES string of the molecule is CCCC(NC(=O)c1cccc(NC(=O)CSc2nncn2C)c1)c1cccc(C(F)(F)F)c1. The van der Waals surface area contributed by atoms with Crippen molar-refractivity contribution in [3.63, 3.8) is 0 Å². The van der Waals surface area contributed by atoms with Crippen LogP contribution in [0.25, 0.3) is 0 Å². The first-order chi connectivity index (χ1) is 16.2. The van der Waals surface area contributed by atoms with Gasteiger partial charge in [-0.1, -0.05) is 43.3 Å². The van der Waals surface area contributed by atoms with Crippen molar-refractivity contribution in [1.29, 1.82) is 0 Å². The Kier molecular flexibility index (Phi) is 8.32. The zero-order chi connectivity index (χ0) is 24.7. The lowest BCUT2D eigenvalue weighted by atomic mass is 9.99. The molecular formula is C23H24F3N5O2S. The van der Waals surface area contributed by atoms with Crippen molar-refractivity contribution < 1.29 is 22.8 Å². The first-order valence-electron chi connectivity index (χ1n) is 10.5. The number of amides is 2.